The van der Waals surface area contributed by atoms with E-state index in [1.54, 1.807) is 18.2 Å². The summed E-state index contributed by atoms with van der Waals surface area (Å²) in [5.41, 5.74) is -1.35. The molecule has 6 nitrogen and oxygen atoms in total. The zero-order valence-corrected chi connectivity index (χ0v) is 14.4. The molecule has 0 aliphatic carbocycles. The molecule has 0 N–H and O–H groups in total. The summed E-state index contributed by atoms with van der Waals surface area (Å²) in [6.07, 6.45) is -4.97. The van der Waals surface area contributed by atoms with E-state index in [-0.39, 0.29) is 22.5 Å². The number of methoxy groups -OCH3 is 1. The highest BCUT2D eigenvalue weighted by atomic mass is 19.4. The van der Waals surface area contributed by atoms with Crippen LogP contribution in [-0.4, -0.2) is 19.7 Å². The Morgan fingerprint density at radius 2 is 1.79 bits per heavy atom. The van der Waals surface area contributed by atoms with Gasteiger partial charge in [0.2, 0.25) is 11.2 Å². The minimum Gasteiger partial charge on any atom is -0.482 e. The summed E-state index contributed by atoms with van der Waals surface area (Å²) < 4.78 is 60.0. The largest absolute Gasteiger partial charge is 0.482 e. The fourth-order valence-electron chi connectivity index (χ4n) is 2.33. The highest BCUT2D eigenvalue weighted by molar-refractivity contribution is 5.80. The molecule has 28 heavy (non-hydrogen) atoms. The lowest BCUT2D eigenvalue weighted by Gasteiger charge is -2.13. The van der Waals surface area contributed by atoms with Crippen molar-refractivity contribution in [2.75, 3.05) is 13.7 Å². The van der Waals surface area contributed by atoms with Crippen molar-refractivity contribution in [2.24, 2.45) is 0 Å². The topological polar surface area (TPSA) is 75.0 Å². The second kappa shape index (κ2) is 7.63. The third-order valence-corrected chi connectivity index (χ3v) is 3.63. The van der Waals surface area contributed by atoms with Crippen LogP contribution < -0.4 is 14.9 Å². The lowest BCUT2D eigenvalue weighted by atomic mass is 10.2. The highest BCUT2D eigenvalue weighted by Crippen LogP contribution is 2.38. The van der Waals surface area contributed by atoms with Crippen molar-refractivity contribution in [2.45, 2.75) is 6.18 Å². The molecule has 0 atom stereocenters. The number of fused-ring (bicyclic) bond motifs is 1. The Morgan fingerprint density at radius 3 is 2.43 bits per heavy atom. The smallest absolute Gasteiger partial charge is 0.453 e. The quantitative estimate of drug-likeness (QED) is 0.605. The zero-order valence-electron chi connectivity index (χ0n) is 14.4. The number of esters is 1. The molecule has 1 heterocycles. The molecule has 0 bridgehead atoms. The van der Waals surface area contributed by atoms with Crippen molar-refractivity contribution in [3.05, 3.63) is 64.5 Å². The molecule has 0 aliphatic rings. The minimum absolute atomic E-state index is 0.0332. The molecule has 0 unspecified atom stereocenters. The van der Waals surface area contributed by atoms with Gasteiger partial charge in [-0.05, 0) is 24.3 Å². The number of alkyl halides is 3. The number of hydrogen-bond acceptors (Lipinski definition) is 6. The SMILES string of the molecule is COC(=O)COc1ccc2c(=O)c(Oc3ccccc3)c(C(F)(F)F)oc2c1. The van der Waals surface area contributed by atoms with Crippen LogP contribution in [0.15, 0.2) is 57.7 Å². The van der Waals surface area contributed by atoms with Gasteiger partial charge in [-0.2, -0.15) is 13.2 Å². The summed E-state index contributed by atoms with van der Waals surface area (Å²) in [6.45, 7) is -0.451. The van der Waals surface area contributed by atoms with Crippen molar-refractivity contribution in [3.8, 4) is 17.2 Å². The van der Waals surface area contributed by atoms with E-state index in [0.717, 1.165) is 13.2 Å². The van der Waals surface area contributed by atoms with Gasteiger partial charge in [0.1, 0.15) is 17.1 Å². The zero-order chi connectivity index (χ0) is 20.3. The summed E-state index contributed by atoms with van der Waals surface area (Å²) >= 11 is 0. The third-order valence-electron chi connectivity index (χ3n) is 3.63. The maximum Gasteiger partial charge on any atom is 0.453 e. The number of para-hydroxylation sites is 1. The van der Waals surface area contributed by atoms with Crippen LogP contribution in [0.2, 0.25) is 0 Å². The van der Waals surface area contributed by atoms with Gasteiger partial charge in [-0.15, -0.1) is 0 Å². The Morgan fingerprint density at radius 1 is 1.07 bits per heavy atom. The molecule has 9 heteroatoms. The van der Waals surface area contributed by atoms with Gasteiger partial charge >= 0.3 is 12.1 Å². The summed E-state index contributed by atoms with van der Waals surface area (Å²) in [5, 5.41) is -0.135. The molecule has 2 aromatic carbocycles. The van der Waals surface area contributed by atoms with Crippen LogP contribution in [-0.2, 0) is 15.7 Å². The first-order valence-electron chi connectivity index (χ1n) is 7.90. The van der Waals surface area contributed by atoms with E-state index in [9.17, 15) is 22.8 Å². The average Bonchev–Trinajstić information content (AvgIpc) is 2.68. The van der Waals surface area contributed by atoms with Gasteiger partial charge in [0.05, 0.1) is 12.5 Å². The Hall–Kier alpha value is -3.49. The van der Waals surface area contributed by atoms with Crippen molar-refractivity contribution >= 4 is 16.9 Å². The van der Waals surface area contributed by atoms with Crippen LogP contribution in [0, 0.1) is 0 Å². The molecule has 1 aromatic heterocycles. The number of halogens is 3. The van der Waals surface area contributed by atoms with Gasteiger partial charge in [0.25, 0.3) is 5.76 Å². The van der Waals surface area contributed by atoms with Crippen molar-refractivity contribution in [1.82, 2.24) is 0 Å². The summed E-state index contributed by atoms with van der Waals surface area (Å²) in [5.74, 6) is -3.12. The summed E-state index contributed by atoms with van der Waals surface area (Å²) in [7, 11) is 1.16. The molecule has 0 spiro atoms. The van der Waals surface area contributed by atoms with Gasteiger partial charge in [-0.1, -0.05) is 18.2 Å². The Balaban J connectivity index is 2.09. The molecule has 3 rings (SSSR count). The van der Waals surface area contributed by atoms with Crippen molar-refractivity contribution < 1.29 is 36.6 Å². The first kappa shape index (κ1) is 19.3. The Kier molecular flexibility index (Phi) is 5.25. The predicted octanol–water partition coefficient (Wildman–Crippen LogP) is 4.16. The fourth-order valence-corrected chi connectivity index (χ4v) is 2.33. The number of carbonyl (C=O) groups excluding carboxylic acids is 1. The summed E-state index contributed by atoms with van der Waals surface area (Å²) in [6, 6.07) is 11.2. The van der Waals surface area contributed by atoms with Gasteiger partial charge in [0.15, 0.2) is 6.61 Å². The van der Waals surface area contributed by atoms with Gasteiger partial charge < -0.3 is 18.6 Å². The minimum atomic E-state index is -4.97. The van der Waals surface area contributed by atoms with Gasteiger partial charge in [-0.3, -0.25) is 4.79 Å². The lowest BCUT2D eigenvalue weighted by molar-refractivity contribution is -0.154. The molecular weight excluding hydrogens is 381 g/mol. The molecule has 3 aromatic rings. The summed E-state index contributed by atoms with van der Waals surface area (Å²) in [4.78, 5) is 23.7. The predicted molar refractivity (Wildman–Crippen MR) is 91.5 cm³/mol. The molecule has 146 valence electrons. The second-order valence-electron chi connectivity index (χ2n) is 5.53. The molecule has 0 fully saturated rings. The lowest BCUT2D eigenvalue weighted by Crippen LogP contribution is -2.16. The standard InChI is InChI=1S/C19H13F3O6/c1-25-15(23)10-26-12-7-8-13-14(9-12)28-18(19(20,21)22)17(16(13)24)27-11-5-3-2-4-6-11/h2-9H,10H2,1H3. The van der Waals surface area contributed by atoms with E-state index < -0.39 is 35.7 Å². The van der Waals surface area contributed by atoms with Crippen LogP contribution in [0.1, 0.15) is 5.76 Å². The second-order valence-corrected chi connectivity index (χ2v) is 5.53. The number of benzene rings is 2. The Labute approximate surface area is 156 Å². The van der Waals surface area contributed by atoms with E-state index in [1.165, 1.54) is 24.3 Å². The van der Waals surface area contributed by atoms with Gasteiger partial charge in [0, 0.05) is 6.07 Å². The highest BCUT2D eigenvalue weighted by Gasteiger charge is 2.40. The van der Waals surface area contributed by atoms with E-state index in [0.29, 0.717) is 0 Å². The van der Waals surface area contributed by atoms with Crippen LogP contribution in [0.25, 0.3) is 11.0 Å². The van der Waals surface area contributed by atoms with Crippen molar-refractivity contribution in [3.63, 3.8) is 0 Å². The van der Waals surface area contributed by atoms with Crippen LogP contribution in [0.4, 0.5) is 13.2 Å². The van der Waals surface area contributed by atoms with Crippen LogP contribution in [0.5, 0.6) is 17.2 Å². The van der Waals surface area contributed by atoms with Crippen LogP contribution >= 0.6 is 0 Å². The van der Waals surface area contributed by atoms with E-state index in [4.69, 9.17) is 13.9 Å². The molecule has 0 aliphatic heterocycles. The molecular formula is C19H13F3O6. The average molecular weight is 394 g/mol. The number of hydrogen-bond donors (Lipinski definition) is 0. The normalized spacial score (nSPS) is 11.3. The van der Waals surface area contributed by atoms with Crippen molar-refractivity contribution in [1.29, 1.82) is 0 Å². The number of carbonyl (C=O) groups is 1. The van der Waals surface area contributed by atoms with E-state index in [2.05, 4.69) is 4.74 Å². The monoisotopic (exact) mass is 394 g/mol. The fraction of sp³-hybridized carbons (Fsp3) is 0.158. The van der Waals surface area contributed by atoms with E-state index >= 15 is 0 Å². The number of rotatable bonds is 5. The van der Waals surface area contributed by atoms with Gasteiger partial charge in [-0.25, -0.2) is 4.79 Å². The molecule has 0 radical (unpaired) electrons. The third kappa shape index (κ3) is 4.08. The first-order valence-corrected chi connectivity index (χ1v) is 7.90. The molecule has 0 amide bonds. The molecule has 0 saturated heterocycles. The Bertz CT molecular complexity index is 1060. The number of ether oxygens (including phenoxy) is 3. The maximum absolute atomic E-state index is 13.5. The maximum atomic E-state index is 13.5. The van der Waals surface area contributed by atoms with Crippen LogP contribution in [0.3, 0.4) is 0 Å². The first-order chi connectivity index (χ1) is 13.3. The van der Waals surface area contributed by atoms with E-state index in [1.807, 2.05) is 0 Å². The molecule has 0 saturated carbocycles.